The highest BCUT2D eigenvalue weighted by molar-refractivity contribution is 9.10. The Kier molecular flexibility index (Phi) is 3.91. The van der Waals surface area contributed by atoms with E-state index in [9.17, 15) is 12.8 Å². The third kappa shape index (κ3) is 3.13. The van der Waals surface area contributed by atoms with Gasteiger partial charge in [0.05, 0.1) is 5.69 Å². The predicted octanol–water partition coefficient (Wildman–Crippen LogP) is 3.70. The molecule has 2 aromatic rings. The van der Waals surface area contributed by atoms with Gasteiger partial charge in [-0.05, 0) is 36.8 Å². The van der Waals surface area contributed by atoms with Gasteiger partial charge in [-0.2, -0.15) is 0 Å². The second-order valence-corrected chi connectivity index (χ2v) is 6.56. The van der Waals surface area contributed by atoms with Gasteiger partial charge in [0.2, 0.25) is 0 Å². The van der Waals surface area contributed by atoms with Crippen LogP contribution in [0.25, 0.3) is 0 Å². The summed E-state index contributed by atoms with van der Waals surface area (Å²) >= 11 is 3.09. The van der Waals surface area contributed by atoms with Crippen molar-refractivity contribution in [2.24, 2.45) is 0 Å². The van der Waals surface area contributed by atoms with E-state index in [1.54, 1.807) is 31.2 Å². The molecular weight excluding hydrogens is 333 g/mol. The summed E-state index contributed by atoms with van der Waals surface area (Å²) in [5.74, 6) is -0.796. The minimum absolute atomic E-state index is 0.376. The number of hydrogen-bond donors (Lipinski definition) is 1. The van der Waals surface area contributed by atoms with E-state index < -0.39 is 15.8 Å². The zero-order chi connectivity index (χ0) is 14.0. The van der Waals surface area contributed by atoms with Crippen molar-refractivity contribution in [3.63, 3.8) is 0 Å². The van der Waals surface area contributed by atoms with Crippen molar-refractivity contribution in [1.29, 1.82) is 0 Å². The van der Waals surface area contributed by atoms with Gasteiger partial charge in [0.15, 0.2) is 0 Å². The van der Waals surface area contributed by atoms with Crippen LogP contribution in [-0.4, -0.2) is 8.42 Å². The molecule has 0 bridgehead atoms. The zero-order valence-corrected chi connectivity index (χ0v) is 12.4. The minimum Gasteiger partial charge on any atom is -0.279 e. The van der Waals surface area contributed by atoms with E-state index in [1.165, 1.54) is 12.1 Å². The van der Waals surface area contributed by atoms with Crippen molar-refractivity contribution in [3.05, 3.63) is 58.3 Å². The molecule has 0 aromatic heterocycles. The number of halogens is 2. The van der Waals surface area contributed by atoms with Gasteiger partial charge in [0.1, 0.15) is 10.7 Å². The summed E-state index contributed by atoms with van der Waals surface area (Å²) in [6.07, 6.45) is 0. The molecule has 19 heavy (non-hydrogen) atoms. The molecule has 0 saturated heterocycles. The van der Waals surface area contributed by atoms with Gasteiger partial charge in [0.25, 0.3) is 10.0 Å². The van der Waals surface area contributed by atoms with Crippen molar-refractivity contribution >= 4 is 31.6 Å². The van der Waals surface area contributed by atoms with E-state index >= 15 is 0 Å². The molecule has 0 aliphatic heterocycles. The van der Waals surface area contributed by atoms with Crippen molar-refractivity contribution < 1.29 is 12.8 Å². The molecule has 6 heteroatoms. The van der Waals surface area contributed by atoms with Gasteiger partial charge in [-0.15, -0.1) is 0 Å². The molecule has 0 amide bonds. The van der Waals surface area contributed by atoms with E-state index in [0.717, 1.165) is 11.6 Å². The molecule has 2 rings (SSSR count). The van der Waals surface area contributed by atoms with Crippen LogP contribution in [0.2, 0.25) is 0 Å². The normalized spacial score (nSPS) is 11.3. The average molecular weight is 344 g/mol. The number of aryl methyl sites for hydroxylation is 1. The van der Waals surface area contributed by atoms with Gasteiger partial charge >= 0.3 is 0 Å². The van der Waals surface area contributed by atoms with E-state index in [1.807, 2.05) is 0 Å². The van der Waals surface area contributed by atoms with Crippen LogP contribution in [0.4, 0.5) is 10.1 Å². The predicted molar refractivity (Wildman–Crippen MR) is 76.1 cm³/mol. The van der Waals surface area contributed by atoms with Crippen LogP contribution >= 0.6 is 15.9 Å². The Labute approximate surface area is 119 Å². The second kappa shape index (κ2) is 5.30. The second-order valence-electron chi connectivity index (χ2n) is 4.00. The first-order valence-corrected chi connectivity index (χ1v) is 7.71. The van der Waals surface area contributed by atoms with Crippen molar-refractivity contribution in [1.82, 2.24) is 0 Å². The maximum atomic E-state index is 13.7. The molecule has 2 aromatic carbocycles. The Morgan fingerprint density at radius 1 is 1.16 bits per heavy atom. The van der Waals surface area contributed by atoms with Gasteiger partial charge in [-0.25, -0.2) is 12.8 Å². The summed E-state index contributed by atoms with van der Waals surface area (Å²) in [6, 6.07) is 10.7. The summed E-state index contributed by atoms with van der Waals surface area (Å²) in [5, 5.41) is 0. The number of nitrogens with one attached hydrogen (secondary N) is 1. The summed E-state index contributed by atoms with van der Waals surface area (Å²) in [7, 11) is -3.93. The fraction of sp³-hybridized carbons (Fsp3) is 0.0769. The quantitative estimate of drug-likeness (QED) is 0.923. The number of sulfonamides is 1. The number of hydrogen-bond acceptors (Lipinski definition) is 2. The highest BCUT2D eigenvalue weighted by atomic mass is 79.9. The van der Waals surface area contributed by atoms with E-state index in [-0.39, 0.29) is 4.90 Å². The Hall–Kier alpha value is -1.40. The Bertz CT molecular complexity index is 716. The van der Waals surface area contributed by atoms with Crippen LogP contribution in [0.5, 0.6) is 0 Å². The van der Waals surface area contributed by atoms with Crippen molar-refractivity contribution in [2.75, 3.05) is 4.72 Å². The summed E-state index contributed by atoms with van der Waals surface area (Å²) in [4.78, 5) is -0.376. The van der Waals surface area contributed by atoms with E-state index in [0.29, 0.717) is 10.2 Å². The van der Waals surface area contributed by atoms with Crippen molar-refractivity contribution in [2.45, 2.75) is 11.8 Å². The van der Waals surface area contributed by atoms with E-state index in [2.05, 4.69) is 20.7 Å². The maximum Gasteiger partial charge on any atom is 0.264 e. The largest absolute Gasteiger partial charge is 0.279 e. The third-order valence-corrected chi connectivity index (χ3v) is 4.46. The standard InChI is InChI=1S/C13H11BrFNO2S/c1-9-4-2-3-5-12(9)16-19(17,18)13-7-6-10(14)8-11(13)15/h2-8,16H,1H3. The minimum atomic E-state index is -3.93. The number of benzene rings is 2. The lowest BCUT2D eigenvalue weighted by molar-refractivity contribution is 0.570. The zero-order valence-electron chi connectivity index (χ0n) is 10.0. The monoisotopic (exact) mass is 343 g/mol. The third-order valence-electron chi connectivity index (χ3n) is 2.57. The first-order chi connectivity index (χ1) is 8.90. The highest BCUT2D eigenvalue weighted by Gasteiger charge is 2.19. The SMILES string of the molecule is Cc1ccccc1NS(=O)(=O)c1ccc(Br)cc1F. The Morgan fingerprint density at radius 2 is 1.84 bits per heavy atom. The number of anilines is 1. The van der Waals surface area contributed by atoms with Crippen molar-refractivity contribution in [3.8, 4) is 0 Å². The Morgan fingerprint density at radius 3 is 2.47 bits per heavy atom. The van der Waals surface area contributed by atoms with Gasteiger partial charge in [0, 0.05) is 4.47 Å². The van der Waals surface area contributed by atoms with Crippen LogP contribution in [-0.2, 0) is 10.0 Å². The molecule has 0 radical (unpaired) electrons. The molecule has 100 valence electrons. The number of para-hydroxylation sites is 1. The van der Waals surface area contributed by atoms with Gasteiger partial charge < -0.3 is 0 Å². The lowest BCUT2D eigenvalue weighted by Gasteiger charge is -2.11. The smallest absolute Gasteiger partial charge is 0.264 e. The topological polar surface area (TPSA) is 46.2 Å². The molecule has 0 aliphatic carbocycles. The first-order valence-electron chi connectivity index (χ1n) is 5.43. The molecule has 0 saturated carbocycles. The number of rotatable bonds is 3. The Balaban J connectivity index is 2.41. The molecular formula is C13H11BrFNO2S. The fourth-order valence-electron chi connectivity index (χ4n) is 1.58. The van der Waals surface area contributed by atoms with Gasteiger partial charge in [-0.1, -0.05) is 34.1 Å². The molecule has 1 N–H and O–H groups in total. The lowest BCUT2D eigenvalue weighted by Crippen LogP contribution is -2.15. The molecule has 0 spiro atoms. The molecule has 0 unspecified atom stereocenters. The fourth-order valence-corrected chi connectivity index (χ4v) is 3.10. The molecule has 0 atom stereocenters. The molecule has 3 nitrogen and oxygen atoms in total. The lowest BCUT2D eigenvalue weighted by atomic mass is 10.2. The summed E-state index contributed by atoms with van der Waals surface area (Å²) in [5.41, 5.74) is 1.20. The van der Waals surface area contributed by atoms with Crippen LogP contribution in [0.15, 0.2) is 51.8 Å². The average Bonchev–Trinajstić information content (AvgIpc) is 2.31. The maximum absolute atomic E-state index is 13.7. The van der Waals surface area contributed by atoms with Crippen LogP contribution in [0, 0.1) is 12.7 Å². The van der Waals surface area contributed by atoms with Gasteiger partial charge in [-0.3, -0.25) is 4.72 Å². The van der Waals surface area contributed by atoms with E-state index in [4.69, 9.17) is 0 Å². The summed E-state index contributed by atoms with van der Waals surface area (Å²) in [6.45, 7) is 1.77. The molecule has 0 heterocycles. The first kappa shape index (κ1) is 14.0. The molecule has 0 aliphatic rings. The molecule has 0 fully saturated rings. The van der Waals surface area contributed by atoms with Crippen LogP contribution in [0.1, 0.15) is 5.56 Å². The van der Waals surface area contributed by atoms with Crippen LogP contribution < -0.4 is 4.72 Å². The highest BCUT2D eigenvalue weighted by Crippen LogP contribution is 2.23. The van der Waals surface area contributed by atoms with Crippen LogP contribution in [0.3, 0.4) is 0 Å². The summed E-state index contributed by atoms with van der Waals surface area (Å²) < 4.78 is 40.8.